The number of hydrogen-bond acceptors (Lipinski definition) is 5. The maximum Gasteiger partial charge on any atom is 0.340 e. The van der Waals surface area contributed by atoms with Crippen LogP contribution in [0.3, 0.4) is 0 Å². The SMILES string of the molecule is CCOC(=O)/C(=C/c1csc(C=O)c1)N=[N+]=[N-]. The minimum atomic E-state index is -0.691. The van der Waals surface area contributed by atoms with E-state index in [0.29, 0.717) is 16.7 Å². The summed E-state index contributed by atoms with van der Waals surface area (Å²) in [5.41, 5.74) is 8.82. The second kappa shape index (κ2) is 6.47. The van der Waals surface area contributed by atoms with E-state index in [2.05, 4.69) is 10.0 Å². The summed E-state index contributed by atoms with van der Waals surface area (Å²) in [6, 6.07) is 1.59. The van der Waals surface area contributed by atoms with Gasteiger partial charge in [-0.2, -0.15) is 0 Å². The zero-order valence-corrected chi connectivity index (χ0v) is 9.81. The zero-order chi connectivity index (χ0) is 12.7. The van der Waals surface area contributed by atoms with Crippen LogP contribution in [0, 0.1) is 0 Å². The number of carbonyl (C=O) groups excluding carboxylic acids is 2. The molecule has 6 nitrogen and oxygen atoms in total. The number of aldehydes is 1. The summed E-state index contributed by atoms with van der Waals surface area (Å²) in [6.45, 7) is 1.85. The molecule has 0 saturated heterocycles. The van der Waals surface area contributed by atoms with Gasteiger partial charge in [-0.1, -0.05) is 5.11 Å². The smallest absolute Gasteiger partial charge is 0.340 e. The Morgan fingerprint density at radius 2 is 2.47 bits per heavy atom. The lowest BCUT2D eigenvalue weighted by atomic mass is 10.2. The first kappa shape index (κ1) is 13.0. The molecule has 0 N–H and O–H groups in total. The number of esters is 1. The van der Waals surface area contributed by atoms with Crippen molar-refractivity contribution in [3.8, 4) is 0 Å². The fraction of sp³-hybridized carbons (Fsp3) is 0.200. The highest BCUT2D eigenvalue weighted by atomic mass is 32.1. The molecular weight excluding hydrogens is 242 g/mol. The van der Waals surface area contributed by atoms with Crippen LogP contribution in [0.25, 0.3) is 16.5 Å². The lowest BCUT2D eigenvalue weighted by Crippen LogP contribution is -2.05. The lowest BCUT2D eigenvalue weighted by Gasteiger charge is -1.99. The zero-order valence-electron chi connectivity index (χ0n) is 8.99. The largest absolute Gasteiger partial charge is 0.462 e. The van der Waals surface area contributed by atoms with Gasteiger partial charge in [-0.05, 0) is 35.5 Å². The van der Waals surface area contributed by atoms with Gasteiger partial charge in [-0.15, -0.1) is 11.3 Å². The van der Waals surface area contributed by atoms with Crippen LogP contribution in [0.1, 0.15) is 22.2 Å². The summed E-state index contributed by atoms with van der Waals surface area (Å²) in [7, 11) is 0. The first-order chi connectivity index (χ1) is 8.21. The quantitative estimate of drug-likeness (QED) is 0.201. The molecule has 1 heterocycles. The van der Waals surface area contributed by atoms with Crippen molar-refractivity contribution in [3.05, 3.63) is 38.0 Å². The molecule has 0 saturated carbocycles. The minimum absolute atomic E-state index is 0.135. The van der Waals surface area contributed by atoms with Crippen LogP contribution in [0.4, 0.5) is 0 Å². The van der Waals surface area contributed by atoms with Gasteiger partial charge in [0, 0.05) is 4.91 Å². The number of ether oxygens (including phenoxy) is 1. The van der Waals surface area contributed by atoms with E-state index in [9.17, 15) is 9.59 Å². The Balaban J connectivity index is 3.00. The van der Waals surface area contributed by atoms with Crippen LogP contribution < -0.4 is 0 Å². The Kier molecular flexibility index (Phi) is 4.93. The molecule has 0 fully saturated rings. The van der Waals surface area contributed by atoms with E-state index in [4.69, 9.17) is 10.3 Å². The van der Waals surface area contributed by atoms with E-state index in [1.54, 1.807) is 18.4 Å². The maximum atomic E-state index is 11.4. The number of carbonyl (C=O) groups is 2. The van der Waals surface area contributed by atoms with E-state index in [1.165, 1.54) is 17.4 Å². The van der Waals surface area contributed by atoms with Gasteiger partial charge >= 0.3 is 5.97 Å². The highest BCUT2D eigenvalue weighted by molar-refractivity contribution is 7.11. The van der Waals surface area contributed by atoms with E-state index in [-0.39, 0.29) is 12.3 Å². The van der Waals surface area contributed by atoms with Gasteiger partial charge in [0.15, 0.2) is 6.29 Å². The Morgan fingerprint density at radius 1 is 1.71 bits per heavy atom. The van der Waals surface area contributed by atoms with Gasteiger partial charge in [-0.25, -0.2) is 4.79 Å². The van der Waals surface area contributed by atoms with Gasteiger partial charge in [-0.3, -0.25) is 4.79 Å². The Bertz CT molecular complexity index is 501. The molecule has 0 aliphatic carbocycles. The fourth-order valence-corrected chi connectivity index (χ4v) is 1.71. The Hall–Kier alpha value is -2.11. The van der Waals surface area contributed by atoms with Crippen molar-refractivity contribution >= 4 is 29.7 Å². The number of hydrogen-bond donors (Lipinski definition) is 0. The molecule has 7 heteroatoms. The molecular formula is C10H9N3O3S. The van der Waals surface area contributed by atoms with Crippen LogP contribution in [-0.4, -0.2) is 18.9 Å². The highest BCUT2D eigenvalue weighted by Crippen LogP contribution is 2.17. The van der Waals surface area contributed by atoms with Crippen LogP contribution >= 0.6 is 11.3 Å². The summed E-state index contributed by atoms with van der Waals surface area (Å²) in [5, 5.41) is 4.93. The average Bonchev–Trinajstić information content (AvgIpc) is 2.76. The third kappa shape index (κ3) is 3.75. The van der Waals surface area contributed by atoms with E-state index in [1.807, 2.05) is 0 Å². The molecule has 88 valence electrons. The molecule has 0 aliphatic heterocycles. The molecule has 1 aromatic heterocycles. The van der Waals surface area contributed by atoms with Crippen LogP contribution in [-0.2, 0) is 9.53 Å². The van der Waals surface area contributed by atoms with Crippen LogP contribution in [0.5, 0.6) is 0 Å². The van der Waals surface area contributed by atoms with Crippen molar-refractivity contribution in [1.82, 2.24) is 0 Å². The van der Waals surface area contributed by atoms with E-state index >= 15 is 0 Å². The van der Waals surface area contributed by atoms with Gasteiger partial charge in [0.1, 0.15) is 5.70 Å². The Morgan fingerprint density at radius 3 is 3.00 bits per heavy atom. The van der Waals surface area contributed by atoms with E-state index in [0.717, 1.165) is 0 Å². The molecule has 0 unspecified atom stereocenters. The molecule has 1 rings (SSSR count). The molecule has 0 spiro atoms. The molecule has 1 aromatic rings. The molecule has 0 amide bonds. The fourth-order valence-electron chi connectivity index (χ4n) is 1.05. The lowest BCUT2D eigenvalue weighted by molar-refractivity contribution is -0.138. The van der Waals surface area contributed by atoms with Crippen molar-refractivity contribution in [3.63, 3.8) is 0 Å². The number of rotatable bonds is 5. The topological polar surface area (TPSA) is 92.1 Å². The average molecular weight is 251 g/mol. The molecule has 0 aromatic carbocycles. The predicted octanol–water partition coefficient (Wildman–Crippen LogP) is 2.77. The highest BCUT2D eigenvalue weighted by Gasteiger charge is 2.09. The molecule has 0 atom stereocenters. The van der Waals surface area contributed by atoms with Crippen LogP contribution in [0.15, 0.2) is 22.3 Å². The molecule has 0 bridgehead atoms. The summed E-state index contributed by atoms with van der Waals surface area (Å²) in [5.74, 6) is -0.691. The van der Waals surface area contributed by atoms with Crippen LogP contribution in [0.2, 0.25) is 0 Å². The monoisotopic (exact) mass is 251 g/mol. The minimum Gasteiger partial charge on any atom is -0.462 e. The summed E-state index contributed by atoms with van der Waals surface area (Å²) < 4.78 is 4.72. The van der Waals surface area contributed by atoms with Gasteiger partial charge in [0.05, 0.1) is 11.5 Å². The third-order valence-corrected chi connectivity index (χ3v) is 2.57. The number of nitrogens with zero attached hydrogens (tertiary/aromatic N) is 3. The normalized spacial score (nSPS) is 10.5. The van der Waals surface area contributed by atoms with Crippen molar-refractivity contribution < 1.29 is 14.3 Å². The first-order valence-electron chi connectivity index (χ1n) is 4.69. The van der Waals surface area contributed by atoms with Crippen molar-refractivity contribution in [2.45, 2.75) is 6.92 Å². The van der Waals surface area contributed by atoms with E-state index < -0.39 is 5.97 Å². The van der Waals surface area contributed by atoms with Gasteiger partial charge in [0.25, 0.3) is 0 Å². The first-order valence-corrected chi connectivity index (χ1v) is 5.56. The standard InChI is InChI=1S/C10H9N3O3S/c1-2-16-10(15)9(12-13-11)4-7-3-8(5-14)17-6-7/h3-6H,2H2,1H3/b9-4-. The molecule has 0 radical (unpaired) electrons. The summed E-state index contributed by atoms with van der Waals surface area (Å²) in [6.07, 6.45) is 2.08. The van der Waals surface area contributed by atoms with Crippen molar-refractivity contribution in [2.24, 2.45) is 5.11 Å². The van der Waals surface area contributed by atoms with Gasteiger partial charge < -0.3 is 4.74 Å². The van der Waals surface area contributed by atoms with Crippen molar-refractivity contribution in [1.29, 1.82) is 0 Å². The van der Waals surface area contributed by atoms with Gasteiger partial charge in [0.2, 0.25) is 0 Å². The predicted molar refractivity (Wildman–Crippen MR) is 63.5 cm³/mol. The second-order valence-electron chi connectivity index (χ2n) is 2.84. The number of thiophene rings is 1. The summed E-state index contributed by atoms with van der Waals surface area (Å²) >= 11 is 1.24. The third-order valence-electron chi connectivity index (χ3n) is 1.70. The molecule has 0 aliphatic rings. The second-order valence-corrected chi connectivity index (χ2v) is 3.78. The number of azide groups is 1. The maximum absolute atomic E-state index is 11.4. The van der Waals surface area contributed by atoms with Crippen molar-refractivity contribution in [2.75, 3.05) is 6.61 Å². The Labute approximate surface area is 101 Å². The summed E-state index contributed by atoms with van der Waals surface area (Å²) in [4.78, 5) is 25.0. The molecule has 17 heavy (non-hydrogen) atoms.